The fraction of sp³-hybridized carbons (Fsp3) is 0.231. The van der Waals surface area contributed by atoms with Crippen molar-refractivity contribution in [3.63, 3.8) is 0 Å². The van der Waals surface area contributed by atoms with E-state index in [1.165, 1.54) is 0 Å². The van der Waals surface area contributed by atoms with Crippen LogP contribution >= 0.6 is 12.6 Å². The Kier molecular flexibility index (Phi) is 7.41. The molecule has 8 nitrogen and oxygen atoms in total. The molecule has 0 radical (unpaired) electrons. The molecule has 1 fully saturated rings. The van der Waals surface area contributed by atoms with E-state index in [4.69, 9.17) is 32.4 Å². The van der Waals surface area contributed by atoms with Gasteiger partial charge in [0.1, 0.15) is 6.10 Å². The summed E-state index contributed by atoms with van der Waals surface area (Å²) < 4.78 is 17.9. The fourth-order valence-electron chi connectivity index (χ4n) is 3.87. The van der Waals surface area contributed by atoms with Crippen LogP contribution in [0.15, 0.2) is 90.0 Å². The summed E-state index contributed by atoms with van der Waals surface area (Å²) in [6.07, 6.45) is -3.15. The molecule has 0 amide bonds. The number of nitrogens with zero attached hydrogens (tertiary/aromatic N) is 3. The number of esters is 2. The topological polar surface area (TPSA) is 111 Å². The van der Waals surface area contributed by atoms with Gasteiger partial charge >= 0.3 is 11.9 Å². The molecule has 1 saturated heterocycles. The van der Waals surface area contributed by atoms with Crippen molar-refractivity contribution in [3.05, 3.63) is 118 Å². The Morgan fingerprint density at radius 1 is 0.943 bits per heavy atom. The van der Waals surface area contributed by atoms with E-state index in [9.17, 15) is 9.59 Å². The molecular weight excluding hydrogens is 466 g/mol. The number of aryl methyl sites for hydroxylation is 1. The number of azide groups is 1. The van der Waals surface area contributed by atoms with E-state index in [-0.39, 0.29) is 6.54 Å². The lowest BCUT2D eigenvalue weighted by atomic mass is 9.99. The minimum Gasteiger partial charge on any atom is -0.452 e. The predicted molar refractivity (Wildman–Crippen MR) is 132 cm³/mol. The van der Waals surface area contributed by atoms with Crippen LogP contribution in [0, 0.1) is 6.92 Å². The summed E-state index contributed by atoms with van der Waals surface area (Å²) in [5, 5.41) is 3.61. The lowest BCUT2D eigenvalue weighted by molar-refractivity contribution is -0.0385. The van der Waals surface area contributed by atoms with E-state index >= 15 is 0 Å². The highest BCUT2D eigenvalue weighted by molar-refractivity contribution is 7.81. The summed E-state index contributed by atoms with van der Waals surface area (Å²) in [5.74, 6) is -1.26. The first-order valence-electron chi connectivity index (χ1n) is 10.9. The zero-order valence-electron chi connectivity index (χ0n) is 18.9. The van der Waals surface area contributed by atoms with Gasteiger partial charge in [0.15, 0.2) is 17.1 Å². The van der Waals surface area contributed by atoms with Crippen LogP contribution in [0.25, 0.3) is 10.4 Å². The van der Waals surface area contributed by atoms with Gasteiger partial charge in [0, 0.05) is 4.91 Å². The summed E-state index contributed by atoms with van der Waals surface area (Å²) in [5.41, 5.74) is 11.1. The van der Waals surface area contributed by atoms with Crippen molar-refractivity contribution < 1.29 is 23.8 Å². The monoisotopic (exact) mass is 489 g/mol. The molecule has 0 saturated carbocycles. The van der Waals surface area contributed by atoms with E-state index in [0.717, 1.165) is 5.56 Å². The summed E-state index contributed by atoms with van der Waals surface area (Å²) in [7, 11) is 0. The van der Waals surface area contributed by atoms with Gasteiger partial charge in [-0.25, -0.2) is 9.59 Å². The first kappa shape index (κ1) is 24.3. The van der Waals surface area contributed by atoms with E-state index < -0.39 is 35.2 Å². The number of carbonyl (C=O) groups excluding carboxylic acids is 2. The normalized spacial score (nSPS) is 23.2. The first-order chi connectivity index (χ1) is 16.9. The second-order valence-corrected chi connectivity index (χ2v) is 8.72. The van der Waals surface area contributed by atoms with Gasteiger partial charge in [-0.2, -0.15) is 0 Å². The van der Waals surface area contributed by atoms with Crippen LogP contribution in [0.2, 0.25) is 0 Å². The van der Waals surface area contributed by atoms with Crippen molar-refractivity contribution in [2.24, 2.45) is 5.11 Å². The van der Waals surface area contributed by atoms with Gasteiger partial charge in [0.25, 0.3) is 0 Å². The molecule has 1 heterocycles. The van der Waals surface area contributed by atoms with Crippen molar-refractivity contribution in [1.82, 2.24) is 0 Å². The van der Waals surface area contributed by atoms with Crippen molar-refractivity contribution in [2.75, 3.05) is 6.54 Å². The Hall–Kier alpha value is -3.78. The third-order valence-electron chi connectivity index (χ3n) is 5.67. The zero-order valence-corrected chi connectivity index (χ0v) is 19.7. The van der Waals surface area contributed by atoms with E-state index in [0.29, 0.717) is 16.7 Å². The summed E-state index contributed by atoms with van der Waals surface area (Å²) in [6.45, 7) is 1.75. The van der Waals surface area contributed by atoms with E-state index in [1.54, 1.807) is 78.9 Å². The highest BCUT2D eigenvalue weighted by atomic mass is 32.1. The van der Waals surface area contributed by atoms with Crippen LogP contribution in [-0.4, -0.2) is 36.8 Å². The average molecular weight is 490 g/mol. The van der Waals surface area contributed by atoms with E-state index in [2.05, 4.69) is 10.0 Å². The third kappa shape index (κ3) is 5.33. The van der Waals surface area contributed by atoms with Crippen LogP contribution in [0.5, 0.6) is 0 Å². The molecule has 3 aromatic carbocycles. The molecule has 1 aliphatic rings. The van der Waals surface area contributed by atoms with Gasteiger partial charge < -0.3 is 14.2 Å². The molecule has 9 heteroatoms. The maximum Gasteiger partial charge on any atom is 0.338 e. The first-order valence-corrected chi connectivity index (χ1v) is 11.4. The van der Waals surface area contributed by atoms with Crippen molar-refractivity contribution in [1.29, 1.82) is 0 Å². The van der Waals surface area contributed by atoms with Crippen molar-refractivity contribution in [2.45, 2.75) is 30.2 Å². The summed E-state index contributed by atoms with van der Waals surface area (Å²) in [6, 6.07) is 24.3. The average Bonchev–Trinajstić information content (AvgIpc) is 3.15. The van der Waals surface area contributed by atoms with Crippen LogP contribution < -0.4 is 0 Å². The standard InChI is InChI=1S/C26H23N3O5S/c1-17-12-14-19(15-13-17)25(31)33-23-22(32-24(30)18-8-4-2-5-9-18)21(16-28-29-27)34-26(23,35)20-10-6-3-7-11-20/h2-15,21-23,35H,16H2,1H3/t21-,22-,23-,26?/m1/s1. The molecule has 0 bridgehead atoms. The highest BCUT2D eigenvalue weighted by Crippen LogP contribution is 2.46. The molecule has 178 valence electrons. The van der Waals surface area contributed by atoms with Crippen molar-refractivity contribution >= 4 is 24.6 Å². The third-order valence-corrected chi connectivity index (χ3v) is 6.29. The van der Waals surface area contributed by atoms with Crippen LogP contribution in [0.1, 0.15) is 31.8 Å². The molecule has 0 aromatic heterocycles. The smallest absolute Gasteiger partial charge is 0.338 e. The summed E-state index contributed by atoms with van der Waals surface area (Å²) >= 11 is 4.79. The number of rotatable bonds is 7. The molecule has 4 rings (SSSR count). The second kappa shape index (κ2) is 10.7. The minimum atomic E-state index is -1.47. The predicted octanol–water partition coefficient (Wildman–Crippen LogP) is 5.24. The Balaban J connectivity index is 1.73. The van der Waals surface area contributed by atoms with Gasteiger partial charge in [-0.3, -0.25) is 0 Å². The Bertz CT molecular complexity index is 1230. The molecule has 35 heavy (non-hydrogen) atoms. The van der Waals surface area contributed by atoms with Gasteiger partial charge in [-0.1, -0.05) is 71.3 Å². The Morgan fingerprint density at radius 3 is 2.14 bits per heavy atom. The summed E-state index contributed by atoms with van der Waals surface area (Å²) in [4.78, 5) is 27.4. The molecule has 0 spiro atoms. The van der Waals surface area contributed by atoms with E-state index in [1.807, 2.05) is 13.0 Å². The van der Waals surface area contributed by atoms with Crippen LogP contribution in [0.4, 0.5) is 0 Å². The van der Waals surface area contributed by atoms with Gasteiger partial charge in [0.2, 0.25) is 0 Å². The van der Waals surface area contributed by atoms with Gasteiger partial charge in [-0.05, 0) is 42.3 Å². The maximum absolute atomic E-state index is 13.1. The number of carbonyl (C=O) groups is 2. The highest BCUT2D eigenvalue weighted by Gasteiger charge is 2.58. The molecule has 1 unspecified atom stereocenters. The molecule has 1 aliphatic heterocycles. The molecule has 4 atom stereocenters. The second-order valence-electron chi connectivity index (χ2n) is 8.06. The lowest BCUT2D eigenvalue weighted by Gasteiger charge is -2.31. The Labute approximate surface area is 207 Å². The fourth-order valence-corrected chi connectivity index (χ4v) is 4.36. The maximum atomic E-state index is 13.1. The molecular formula is C26H23N3O5S. The molecule has 0 N–H and O–H groups in total. The molecule has 0 aliphatic carbocycles. The quantitative estimate of drug-likeness (QED) is 0.160. The van der Waals surface area contributed by atoms with Crippen LogP contribution in [-0.2, 0) is 19.1 Å². The van der Waals surface area contributed by atoms with Gasteiger partial charge in [-0.15, -0.1) is 12.6 Å². The van der Waals surface area contributed by atoms with Crippen molar-refractivity contribution in [3.8, 4) is 0 Å². The molecule has 3 aromatic rings. The lowest BCUT2D eigenvalue weighted by Crippen LogP contribution is -2.43. The number of benzene rings is 3. The number of ether oxygens (including phenoxy) is 3. The van der Waals surface area contributed by atoms with Gasteiger partial charge in [0.05, 0.1) is 17.7 Å². The SMILES string of the molecule is Cc1ccc(C(=O)O[C@@H]2[C@H](OC(=O)c3ccccc3)[C@@H](CN=[N+]=[N-])OC2(S)c2ccccc2)cc1. The van der Waals surface area contributed by atoms with Crippen LogP contribution in [0.3, 0.4) is 0 Å². The minimum absolute atomic E-state index is 0.156. The Morgan fingerprint density at radius 2 is 1.51 bits per heavy atom. The number of hydrogen-bond acceptors (Lipinski definition) is 7. The number of hydrogen-bond donors (Lipinski definition) is 1. The largest absolute Gasteiger partial charge is 0.452 e. The zero-order chi connectivity index (χ0) is 24.8. The number of thiol groups is 1.